The van der Waals surface area contributed by atoms with Crippen molar-refractivity contribution in [1.82, 2.24) is 14.5 Å². The Morgan fingerprint density at radius 3 is 2.56 bits per heavy atom. The van der Waals surface area contributed by atoms with Crippen LogP contribution in [-0.2, 0) is 6.42 Å². The second kappa shape index (κ2) is 10.8. The summed E-state index contributed by atoms with van der Waals surface area (Å²) < 4.78 is 18.8. The average molecular weight is 436 g/mol. The fourth-order valence-electron chi connectivity index (χ4n) is 3.83. The molecule has 1 aliphatic rings. The fraction of sp³-hybridized carbons (Fsp3) is 0.360. The second-order valence-corrected chi connectivity index (χ2v) is 7.69. The first kappa shape index (κ1) is 21.9. The maximum absolute atomic E-state index is 13.0. The molecule has 0 atom stereocenters. The SMILES string of the molecule is COc1cc(-n2ccnc(CCOc3ccccc3)c2=O)ccc1OCCN1CCCC1. The normalized spacial score (nSPS) is 13.8. The highest BCUT2D eigenvalue weighted by atomic mass is 16.5. The monoisotopic (exact) mass is 435 g/mol. The van der Waals surface area contributed by atoms with Crippen LogP contribution in [0.3, 0.4) is 0 Å². The van der Waals surface area contributed by atoms with Crippen molar-refractivity contribution in [2.45, 2.75) is 19.3 Å². The number of rotatable bonds is 10. The lowest BCUT2D eigenvalue weighted by atomic mass is 10.2. The van der Waals surface area contributed by atoms with E-state index in [1.165, 1.54) is 12.8 Å². The Kier molecular flexibility index (Phi) is 7.40. The van der Waals surface area contributed by atoms with Crippen molar-refractivity contribution in [3.05, 3.63) is 77.0 Å². The summed E-state index contributed by atoms with van der Waals surface area (Å²) in [4.78, 5) is 19.6. The van der Waals surface area contributed by atoms with Gasteiger partial charge in [0.25, 0.3) is 5.56 Å². The van der Waals surface area contributed by atoms with E-state index in [1.54, 1.807) is 24.1 Å². The molecule has 1 aromatic heterocycles. The number of methoxy groups -OCH3 is 1. The van der Waals surface area contributed by atoms with Crippen LogP contribution < -0.4 is 19.8 Å². The molecule has 1 fully saturated rings. The van der Waals surface area contributed by atoms with Gasteiger partial charge in [-0.2, -0.15) is 0 Å². The van der Waals surface area contributed by atoms with E-state index in [0.717, 1.165) is 25.4 Å². The highest BCUT2D eigenvalue weighted by molar-refractivity contribution is 5.49. The van der Waals surface area contributed by atoms with Gasteiger partial charge >= 0.3 is 0 Å². The molecule has 4 rings (SSSR count). The third-order valence-electron chi connectivity index (χ3n) is 5.55. The molecule has 168 valence electrons. The Balaban J connectivity index is 1.43. The molecule has 32 heavy (non-hydrogen) atoms. The molecule has 3 aromatic rings. The van der Waals surface area contributed by atoms with Crippen molar-refractivity contribution < 1.29 is 14.2 Å². The predicted octanol–water partition coefficient (Wildman–Crippen LogP) is 3.34. The van der Waals surface area contributed by atoms with E-state index in [1.807, 2.05) is 48.5 Å². The van der Waals surface area contributed by atoms with E-state index in [4.69, 9.17) is 14.2 Å². The van der Waals surface area contributed by atoms with Gasteiger partial charge in [0.05, 0.1) is 19.4 Å². The number of hydrogen-bond acceptors (Lipinski definition) is 6. The Bertz CT molecular complexity index is 1060. The summed E-state index contributed by atoms with van der Waals surface area (Å²) in [5.74, 6) is 2.05. The summed E-state index contributed by atoms with van der Waals surface area (Å²) in [6, 6.07) is 15.1. The molecule has 0 N–H and O–H groups in total. The number of nitrogens with zero attached hydrogens (tertiary/aromatic N) is 3. The number of para-hydroxylation sites is 1. The van der Waals surface area contributed by atoms with E-state index in [9.17, 15) is 4.79 Å². The molecule has 2 heterocycles. The Morgan fingerprint density at radius 1 is 0.969 bits per heavy atom. The molecule has 0 spiro atoms. The molecule has 1 aliphatic heterocycles. The lowest BCUT2D eigenvalue weighted by molar-refractivity contribution is 0.230. The number of aromatic nitrogens is 2. The van der Waals surface area contributed by atoms with Crippen molar-refractivity contribution in [3.63, 3.8) is 0 Å². The maximum Gasteiger partial charge on any atom is 0.276 e. The highest BCUT2D eigenvalue weighted by Gasteiger charge is 2.13. The first-order valence-corrected chi connectivity index (χ1v) is 11.0. The maximum atomic E-state index is 13.0. The van der Waals surface area contributed by atoms with Crippen molar-refractivity contribution in [2.24, 2.45) is 0 Å². The largest absolute Gasteiger partial charge is 0.493 e. The minimum absolute atomic E-state index is 0.172. The number of likely N-dealkylation sites (tertiary alicyclic amines) is 1. The fourth-order valence-corrected chi connectivity index (χ4v) is 3.83. The zero-order valence-electron chi connectivity index (χ0n) is 18.4. The third-order valence-corrected chi connectivity index (χ3v) is 5.55. The molecular weight excluding hydrogens is 406 g/mol. The van der Waals surface area contributed by atoms with E-state index in [-0.39, 0.29) is 5.56 Å². The van der Waals surface area contributed by atoms with Crippen LogP contribution >= 0.6 is 0 Å². The summed E-state index contributed by atoms with van der Waals surface area (Å²) in [5.41, 5.74) is 0.980. The van der Waals surface area contributed by atoms with Gasteiger partial charge in [-0.3, -0.25) is 19.2 Å². The van der Waals surface area contributed by atoms with Crippen molar-refractivity contribution in [3.8, 4) is 22.9 Å². The van der Waals surface area contributed by atoms with Crippen LogP contribution in [0.4, 0.5) is 0 Å². The van der Waals surface area contributed by atoms with Crippen LogP contribution in [-0.4, -0.2) is 54.4 Å². The summed E-state index contributed by atoms with van der Waals surface area (Å²) in [6.07, 6.45) is 6.24. The number of benzene rings is 2. The van der Waals surface area contributed by atoms with Crippen LogP contribution in [0.5, 0.6) is 17.2 Å². The average Bonchev–Trinajstić information content (AvgIpc) is 3.35. The summed E-state index contributed by atoms with van der Waals surface area (Å²) in [6.45, 7) is 4.18. The summed E-state index contributed by atoms with van der Waals surface area (Å²) in [7, 11) is 1.61. The van der Waals surface area contributed by atoms with E-state index in [0.29, 0.717) is 42.5 Å². The van der Waals surface area contributed by atoms with Crippen LogP contribution in [0.15, 0.2) is 65.7 Å². The van der Waals surface area contributed by atoms with Crippen LogP contribution in [0, 0.1) is 0 Å². The summed E-state index contributed by atoms with van der Waals surface area (Å²) in [5, 5.41) is 0. The van der Waals surface area contributed by atoms with Gasteiger partial charge in [0.2, 0.25) is 0 Å². The molecule has 0 saturated carbocycles. The zero-order chi connectivity index (χ0) is 22.2. The lowest BCUT2D eigenvalue weighted by Crippen LogP contribution is -2.25. The van der Waals surface area contributed by atoms with E-state index in [2.05, 4.69) is 9.88 Å². The van der Waals surface area contributed by atoms with Gasteiger partial charge in [-0.05, 0) is 50.2 Å². The predicted molar refractivity (Wildman–Crippen MR) is 123 cm³/mol. The molecule has 0 bridgehead atoms. The van der Waals surface area contributed by atoms with Crippen molar-refractivity contribution >= 4 is 0 Å². The minimum Gasteiger partial charge on any atom is -0.493 e. The van der Waals surface area contributed by atoms with Gasteiger partial charge in [0.15, 0.2) is 11.5 Å². The van der Waals surface area contributed by atoms with Gasteiger partial charge in [0, 0.05) is 31.4 Å². The van der Waals surface area contributed by atoms with Gasteiger partial charge in [0.1, 0.15) is 18.1 Å². The van der Waals surface area contributed by atoms with Gasteiger partial charge in [-0.1, -0.05) is 18.2 Å². The van der Waals surface area contributed by atoms with Crippen LogP contribution in [0.2, 0.25) is 0 Å². The topological polar surface area (TPSA) is 65.8 Å². The molecule has 0 unspecified atom stereocenters. The second-order valence-electron chi connectivity index (χ2n) is 7.69. The van der Waals surface area contributed by atoms with Gasteiger partial charge < -0.3 is 14.2 Å². The smallest absolute Gasteiger partial charge is 0.276 e. The molecular formula is C25H29N3O4. The molecule has 0 aliphatic carbocycles. The van der Waals surface area contributed by atoms with E-state index < -0.39 is 0 Å². The Hall–Kier alpha value is -3.32. The first-order valence-electron chi connectivity index (χ1n) is 11.0. The zero-order valence-corrected chi connectivity index (χ0v) is 18.4. The van der Waals surface area contributed by atoms with Gasteiger partial charge in [-0.15, -0.1) is 0 Å². The molecule has 7 heteroatoms. The first-order chi connectivity index (χ1) is 15.7. The molecule has 0 amide bonds. The molecule has 7 nitrogen and oxygen atoms in total. The van der Waals surface area contributed by atoms with Gasteiger partial charge in [-0.25, -0.2) is 0 Å². The van der Waals surface area contributed by atoms with Crippen LogP contribution in [0.25, 0.3) is 5.69 Å². The number of hydrogen-bond donors (Lipinski definition) is 0. The van der Waals surface area contributed by atoms with E-state index >= 15 is 0 Å². The lowest BCUT2D eigenvalue weighted by Gasteiger charge is -2.17. The Morgan fingerprint density at radius 2 is 1.78 bits per heavy atom. The van der Waals surface area contributed by atoms with Crippen LogP contribution in [0.1, 0.15) is 18.5 Å². The summed E-state index contributed by atoms with van der Waals surface area (Å²) >= 11 is 0. The van der Waals surface area contributed by atoms with Crippen molar-refractivity contribution in [2.75, 3.05) is 40.0 Å². The Labute approximate surface area is 188 Å². The molecule has 1 saturated heterocycles. The van der Waals surface area contributed by atoms with Crippen molar-refractivity contribution in [1.29, 1.82) is 0 Å². The molecule has 2 aromatic carbocycles. The highest BCUT2D eigenvalue weighted by Crippen LogP contribution is 2.29. The standard InChI is InChI=1S/C25H29N3O4/c1-30-24-19-20(9-10-23(24)32-18-16-27-13-5-6-14-27)28-15-12-26-22(25(28)29)11-17-31-21-7-3-2-4-8-21/h2-4,7-10,12,15,19H,5-6,11,13-14,16-18H2,1H3. The minimum atomic E-state index is -0.172. The quantitative estimate of drug-likeness (QED) is 0.487. The number of ether oxygens (including phenoxy) is 3. The molecule has 0 radical (unpaired) electrons. The third kappa shape index (κ3) is 5.48.